The Morgan fingerprint density at radius 2 is 1.86 bits per heavy atom. The van der Waals surface area contributed by atoms with Gasteiger partial charge in [0.15, 0.2) is 0 Å². The van der Waals surface area contributed by atoms with E-state index < -0.39 is 10.0 Å². The zero-order valence-electron chi connectivity index (χ0n) is 8.06. The predicted molar refractivity (Wildman–Crippen MR) is 56.6 cm³/mol. The fraction of sp³-hybridized carbons (Fsp3) is 0.250. The largest absolute Gasteiger partial charge is 0.397 e. The number of sulfonamides is 1. The molecule has 78 valence electrons. The third kappa shape index (κ3) is 2.15. The number of anilines is 2. The van der Waals surface area contributed by atoms with Crippen molar-refractivity contribution in [2.75, 3.05) is 24.7 Å². The summed E-state index contributed by atoms with van der Waals surface area (Å²) in [5.74, 6) is 0. The Kier molecular flexibility index (Phi) is 2.68. The van der Waals surface area contributed by atoms with Crippen molar-refractivity contribution < 1.29 is 8.42 Å². The molecule has 0 fully saturated rings. The summed E-state index contributed by atoms with van der Waals surface area (Å²) in [5, 5.41) is 4.95. The number of nitrogen functional groups attached to an aromatic ring is 1. The molecule has 0 atom stereocenters. The van der Waals surface area contributed by atoms with E-state index in [-0.39, 0.29) is 4.90 Å². The third-order valence-corrected chi connectivity index (χ3v) is 2.72. The van der Waals surface area contributed by atoms with Crippen LogP contribution in [0.25, 0.3) is 0 Å². The zero-order chi connectivity index (χ0) is 10.9. The van der Waals surface area contributed by atoms with E-state index in [0.29, 0.717) is 5.69 Å². The summed E-state index contributed by atoms with van der Waals surface area (Å²) in [6.45, 7) is 0. The van der Waals surface area contributed by atoms with Crippen molar-refractivity contribution in [1.29, 1.82) is 0 Å². The molecule has 0 amide bonds. The first-order valence-corrected chi connectivity index (χ1v) is 5.46. The molecule has 6 heteroatoms. The van der Waals surface area contributed by atoms with Crippen molar-refractivity contribution in [3.05, 3.63) is 18.2 Å². The third-order valence-electron chi connectivity index (χ3n) is 1.81. The first-order chi connectivity index (χ1) is 6.32. The molecular weight excluding hydrogens is 202 g/mol. The highest BCUT2D eigenvalue weighted by atomic mass is 32.2. The second-order valence-corrected chi connectivity index (χ2v) is 4.72. The number of primary sulfonamides is 1. The number of rotatable bonds is 2. The van der Waals surface area contributed by atoms with Crippen LogP contribution in [0.2, 0.25) is 0 Å². The van der Waals surface area contributed by atoms with E-state index in [1.165, 1.54) is 12.1 Å². The van der Waals surface area contributed by atoms with Crippen molar-refractivity contribution in [3.63, 3.8) is 0 Å². The minimum absolute atomic E-state index is 0.0283. The van der Waals surface area contributed by atoms with Gasteiger partial charge in [-0.2, -0.15) is 0 Å². The van der Waals surface area contributed by atoms with E-state index in [9.17, 15) is 8.42 Å². The van der Waals surface area contributed by atoms with Crippen molar-refractivity contribution >= 4 is 21.4 Å². The molecule has 0 saturated heterocycles. The molecule has 0 aliphatic rings. The summed E-state index contributed by atoms with van der Waals surface area (Å²) in [6, 6.07) is 4.40. The molecule has 0 radical (unpaired) electrons. The molecular formula is C8H13N3O2S. The lowest BCUT2D eigenvalue weighted by Gasteiger charge is -2.15. The summed E-state index contributed by atoms with van der Waals surface area (Å²) >= 11 is 0. The van der Waals surface area contributed by atoms with Gasteiger partial charge in [0.2, 0.25) is 10.0 Å². The van der Waals surface area contributed by atoms with Gasteiger partial charge in [-0.15, -0.1) is 0 Å². The van der Waals surface area contributed by atoms with E-state index in [0.717, 1.165) is 5.69 Å². The maximum atomic E-state index is 11.0. The number of hydrogen-bond donors (Lipinski definition) is 2. The predicted octanol–water partition coefficient (Wildman–Crippen LogP) is -0.0178. The van der Waals surface area contributed by atoms with Crippen LogP contribution in [0.1, 0.15) is 0 Å². The van der Waals surface area contributed by atoms with Crippen LogP contribution in [0.4, 0.5) is 11.4 Å². The van der Waals surface area contributed by atoms with Gasteiger partial charge in [0.05, 0.1) is 16.3 Å². The van der Waals surface area contributed by atoms with Crippen molar-refractivity contribution in [1.82, 2.24) is 0 Å². The standard InChI is InChI=1S/C8H13N3O2S/c1-11(2)8-4-3-6(5-7(8)9)14(10,12)13/h3-5H,9H2,1-2H3,(H2,10,12,13). The van der Waals surface area contributed by atoms with Gasteiger partial charge in [-0.05, 0) is 18.2 Å². The van der Waals surface area contributed by atoms with Gasteiger partial charge in [-0.1, -0.05) is 0 Å². The van der Waals surface area contributed by atoms with Crippen LogP contribution in [0, 0.1) is 0 Å². The molecule has 0 unspecified atom stereocenters. The Balaban J connectivity index is 3.27. The Morgan fingerprint density at radius 3 is 2.21 bits per heavy atom. The van der Waals surface area contributed by atoms with Crippen molar-refractivity contribution in [2.24, 2.45) is 5.14 Å². The lowest BCUT2D eigenvalue weighted by Crippen LogP contribution is -2.15. The second-order valence-electron chi connectivity index (χ2n) is 3.16. The van der Waals surface area contributed by atoms with Gasteiger partial charge in [0.1, 0.15) is 0 Å². The topological polar surface area (TPSA) is 89.4 Å². The quantitative estimate of drug-likeness (QED) is 0.678. The van der Waals surface area contributed by atoms with Gasteiger partial charge in [-0.3, -0.25) is 0 Å². The summed E-state index contributed by atoms with van der Waals surface area (Å²) in [4.78, 5) is 1.82. The molecule has 0 aliphatic carbocycles. The zero-order valence-corrected chi connectivity index (χ0v) is 8.88. The van der Waals surface area contributed by atoms with Gasteiger partial charge >= 0.3 is 0 Å². The smallest absolute Gasteiger partial charge is 0.238 e. The molecule has 1 aromatic carbocycles. The Labute approximate surface area is 83.4 Å². The molecule has 1 rings (SSSR count). The highest BCUT2D eigenvalue weighted by molar-refractivity contribution is 7.89. The maximum Gasteiger partial charge on any atom is 0.238 e. The van der Waals surface area contributed by atoms with Crippen LogP contribution in [0.3, 0.4) is 0 Å². The normalized spacial score (nSPS) is 11.4. The number of hydrogen-bond acceptors (Lipinski definition) is 4. The highest BCUT2D eigenvalue weighted by Gasteiger charge is 2.10. The second kappa shape index (κ2) is 3.47. The minimum atomic E-state index is -3.67. The van der Waals surface area contributed by atoms with Crippen LogP contribution in [0.5, 0.6) is 0 Å². The van der Waals surface area contributed by atoms with Crippen LogP contribution >= 0.6 is 0 Å². The van der Waals surface area contributed by atoms with E-state index in [1.807, 2.05) is 14.1 Å². The summed E-state index contributed by atoms with van der Waals surface area (Å²) in [6.07, 6.45) is 0. The SMILES string of the molecule is CN(C)c1ccc(S(N)(=O)=O)cc1N. The molecule has 0 aromatic heterocycles. The number of nitrogens with two attached hydrogens (primary N) is 2. The van der Waals surface area contributed by atoms with Crippen LogP contribution in [0.15, 0.2) is 23.1 Å². The van der Waals surface area contributed by atoms with Gasteiger partial charge in [0.25, 0.3) is 0 Å². The van der Waals surface area contributed by atoms with E-state index in [1.54, 1.807) is 11.0 Å². The van der Waals surface area contributed by atoms with E-state index in [2.05, 4.69) is 0 Å². The summed E-state index contributed by atoms with van der Waals surface area (Å²) in [7, 11) is -0.0228. The highest BCUT2D eigenvalue weighted by Crippen LogP contribution is 2.23. The molecule has 0 spiro atoms. The Morgan fingerprint density at radius 1 is 1.29 bits per heavy atom. The van der Waals surface area contributed by atoms with Gasteiger partial charge in [0, 0.05) is 14.1 Å². The van der Waals surface area contributed by atoms with E-state index in [4.69, 9.17) is 10.9 Å². The summed E-state index contributed by atoms with van der Waals surface area (Å²) in [5.41, 5.74) is 6.81. The first-order valence-electron chi connectivity index (χ1n) is 3.92. The number of nitrogens with zero attached hydrogens (tertiary/aromatic N) is 1. The van der Waals surface area contributed by atoms with Crippen LogP contribution in [-0.2, 0) is 10.0 Å². The van der Waals surface area contributed by atoms with E-state index >= 15 is 0 Å². The number of benzene rings is 1. The molecule has 0 heterocycles. The van der Waals surface area contributed by atoms with Gasteiger partial charge in [-0.25, -0.2) is 13.6 Å². The lowest BCUT2D eigenvalue weighted by atomic mass is 10.2. The molecule has 4 N–H and O–H groups in total. The fourth-order valence-corrected chi connectivity index (χ4v) is 1.67. The Bertz CT molecular complexity index is 440. The monoisotopic (exact) mass is 215 g/mol. The van der Waals surface area contributed by atoms with Crippen molar-refractivity contribution in [2.45, 2.75) is 4.90 Å². The molecule has 0 aliphatic heterocycles. The average Bonchev–Trinajstić information content (AvgIpc) is 2.01. The first kappa shape index (κ1) is 10.8. The fourth-order valence-electron chi connectivity index (χ4n) is 1.12. The van der Waals surface area contributed by atoms with Crippen LogP contribution < -0.4 is 15.8 Å². The average molecular weight is 215 g/mol. The molecule has 14 heavy (non-hydrogen) atoms. The molecule has 0 bridgehead atoms. The molecule has 1 aromatic rings. The molecule has 0 saturated carbocycles. The Hall–Kier alpha value is -1.27. The maximum absolute atomic E-state index is 11.0. The van der Waals surface area contributed by atoms with Crippen LogP contribution in [-0.4, -0.2) is 22.5 Å². The lowest BCUT2D eigenvalue weighted by molar-refractivity contribution is 0.598. The summed E-state index contributed by atoms with van der Waals surface area (Å²) < 4.78 is 21.9. The van der Waals surface area contributed by atoms with Gasteiger partial charge < -0.3 is 10.6 Å². The van der Waals surface area contributed by atoms with Crippen molar-refractivity contribution in [3.8, 4) is 0 Å². The molecule has 5 nitrogen and oxygen atoms in total. The minimum Gasteiger partial charge on any atom is -0.397 e.